The summed E-state index contributed by atoms with van der Waals surface area (Å²) >= 11 is 6.37. The Balaban J connectivity index is 2.79. The lowest BCUT2D eigenvalue weighted by molar-refractivity contribution is 0.336. The Morgan fingerprint density at radius 3 is 2.45 bits per heavy atom. The van der Waals surface area contributed by atoms with Crippen molar-refractivity contribution in [1.82, 2.24) is 19.3 Å². The summed E-state index contributed by atoms with van der Waals surface area (Å²) in [4.78, 5) is 4.81. The first-order chi connectivity index (χ1) is 9.33. The number of fused-ring (bicyclic) bond motifs is 1. The van der Waals surface area contributed by atoms with Gasteiger partial charge in [0.2, 0.25) is 0 Å². The summed E-state index contributed by atoms with van der Waals surface area (Å²) < 4.78 is 4.22. The first-order valence-electron chi connectivity index (χ1n) is 7.42. The molecule has 0 saturated carbocycles. The average molecular weight is 297 g/mol. The maximum atomic E-state index is 6.37. The molecule has 0 spiro atoms. The molecule has 2 aromatic heterocycles. The van der Waals surface area contributed by atoms with E-state index < -0.39 is 0 Å². The molecule has 1 atom stereocenters. The van der Waals surface area contributed by atoms with Crippen LogP contribution in [0.1, 0.15) is 64.4 Å². The monoisotopic (exact) mass is 296 g/mol. The van der Waals surface area contributed by atoms with E-state index in [0.717, 1.165) is 41.9 Å². The third-order valence-electron chi connectivity index (χ3n) is 4.04. The number of halogens is 1. The van der Waals surface area contributed by atoms with Crippen LogP contribution in [-0.2, 0) is 19.0 Å². The highest BCUT2D eigenvalue weighted by Crippen LogP contribution is 2.33. The van der Waals surface area contributed by atoms with E-state index in [1.54, 1.807) is 0 Å². The van der Waals surface area contributed by atoms with Gasteiger partial charge >= 0.3 is 0 Å². The maximum Gasteiger partial charge on any atom is 0.159 e. The van der Waals surface area contributed by atoms with Crippen molar-refractivity contribution in [3.8, 4) is 0 Å². The molecule has 0 fully saturated rings. The largest absolute Gasteiger partial charge is 0.306 e. The van der Waals surface area contributed by atoms with Gasteiger partial charge in [-0.15, -0.1) is 11.6 Å². The zero-order chi connectivity index (χ0) is 15.1. The first kappa shape index (κ1) is 15.4. The molecule has 1 unspecified atom stereocenters. The summed E-state index contributed by atoms with van der Waals surface area (Å²) in [5, 5.41) is 4.53. The lowest BCUT2D eigenvalue weighted by atomic mass is 10.0. The third kappa shape index (κ3) is 2.34. The van der Waals surface area contributed by atoms with E-state index in [1.807, 2.05) is 18.7 Å². The summed E-state index contributed by atoms with van der Waals surface area (Å²) in [5.41, 5.74) is 3.15. The van der Waals surface area contributed by atoms with E-state index in [4.69, 9.17) is 16.6 Å². The molecule has 112 valence electrons. The zero-order valence-electron chi connectivity index (χ0n) is 13.4. The second kappa shape index (κ2) is 5.40. The minimum absolute atomic E-state index is 0.0233. The van der Waals surface area contributed by atoms with Crippen LogP contribution >= 0.6 is 11.6 Å². The van der Waals surface area contributed by atoms with E-state index >= 15 is 0 Å². The number of aromatic nitrogens is 4. The molecule has 2 rings (SSSR count). The van der Waals surface area contributed by atoms with Crippen molar-refractivity contribution in [3.63, 3.8) is 0 Å². The normalized spacial score (nSPS) is 14.2. The Bertz CT molecular complexity index is 607. The predicted molar refractivity (Wildman–Crippen MR) is 84.4 cm³/mol. The smallest absolute Gasteiger partial charge is 0.159 e. The van der Waals surface area contributed by atoms with Crippen LogP contribution in [0, 0.1) is 0 Å². The summed E-state index contributed by atoms with van der Waals surface area (Å²) in [5.74, 6) is 0.943. The van der Waals surface area contributed by atoms with Crippen LogP contribution in [0.5, 0.6) is 0 Å². The minimum Gasteiger partial charge on any atom is -0.306 e. The van der Waals surface area contributed by atoms with Crippen molar-refractivity contribution < 1.29 is 0 Å². The van der Waals surface area contributed by atoms with Crippen molar-refractivity contribution in [1.29, 1.82) is 0 Å². The fourth-order valence-electron chi connectivity index (χ4n) is 2.62. The second-order valence-electron chi connectivity index (χ2n) is 6.08. The standard InChI is InChI=1S/C15H25ClN4/c1-7-9-11-12-14(19(6)18-11)20(15(4,5)8-2)13(17-12)10(3)16/h10H,7-9H2,1-6H3. The lowest BCUT2D eigenvalue weighted by Crippen LogP contribution is -2.28. The molecule has 0 bridgehead atoms. The number of hydrogen-bond acceptors (Lipinski definition) is 2. The number of aryl methyl sites for hydroxylation is 2. The highest BCUT2D eigenvalue weighted by Gasteiger charge is 2.29. The van der Waals surface area contributed by atoms with E-state index in [9.17, 15) is 0 Å². The van der Waals surface area contributed by atoms with Crippen LogP contribution in [0.4, 0.5) is 0 Å². The zero-order valence-corrected chi connectivity index (χ0v) is 14.1. The number of nitrogens with zero attached hydrogens (tertiary/aromatic N) is 4. The van der Waals surface area contributed by atoms with Crippen LogP contribution in [0.25, 0.3) is 11.2 Å². The van der Waals surface area contributed by atoms with Gasteiger partial charge in [0.05, 0.1) is 11.1 Å². The van der Waals surface area contributed by atoms with Crippen molar-refractivity contribution in [3.05, 3.63) is 11.5 Å². The summed E-state index contributed by atoms with van der Waals surface area (Å²) in [6.07, 6.45) is 3.04. The molecular formula is C15H25ClN4. The highest BCUT2D eigenvalue weighted by molar-refractivity contribution is 6.20. The Morgan fingerprint density at radius 2 is 1.95 bits per heavy atom. The first-order valence-corrected chi connectivity index (χ1v) is 7.85. The predicted octanol–water partition coefficient (Wildman–Crippen LogP) is 4.17. The fourth-order valence-corrected chi connectivity index (χ4v) is 2.77. The summed E-state index contributed by atoms with van der Waals surface area (Å²) in [6.45, 7) is 10.8. The van der Waals surface area contributed by atoms with Crippen molar-refractivity contribution in [2.24, 2.45) is 7.05 Å². The van der Waals surface area contributed by atoms with Gasteiger partial charge in [-0.25, -0.2) is 4.98 Å². The molecule has 0 aliphatic carbocycles. The van der Waals surface area contributed by atoms with Crippen LogP contribution in [0.3, 0.4) is 0 Å². The Labute approximate surface area is 126 Å². The molecule has 0 aliphatic rings. The number of imidazole rings is 1. The molecule has 4 nitrogen and oxygen atoms in total. The van der Waals surface area contributed by atoms with Gasteiger partial charge in [0.1, 0.15) is 11.3 Å². The maximum absolute atomic E-state index is 6.37. The quantitative estimate of drug-likeness (QED) is 0.776. The minimum atomic E-state index is -0.109. The van der Waals surface area contributed by atoms with Crippen LogP contribution in [-0.4, -0.2) is 19.3 Å². The van der Waals surface area contributed by atoms with Crippen molar-refractivity contribution >= 4 is 22.8 Å². The Hall–Kier alpha value is -1.03. The molecule has 2 aromatic rings. The molecule has 0 aromatic carbocycles. The molecule has 0 saturated heterocycles. The molecule has 5 heteroatoms. The highest BCUT2D eigenvalue weighted by atomic mass is 35.5. The third-order valence-corrected chi connectivity index (χ3v) is 4.24. The van der Waals surface area contributed by atoms with E-state index in [-0.39, 0.29) is 10.9 Å². The number of rotatable bonds is 5. The molecule has 0 N–H and O–H groups in total. The molecule has 0 radical (unpaired) electrons. The molecule has 0 amide bonds. The van der Waals surface area contributed by atoms with Gasteiger partial charge < -0.3 is 4.57 Å². The van der Waals surface area contributed by atoms with Gasteiger partial charge in [-0.3, -0.25) is 4.68 Å². The summed E-state index contributed by atoms with van der Waals surface area (Å²) in [6, 6.07) is 0. The average Bonchev–Trinajstić information content (AvgIpc) is 2.90. The topological polar surface area (TPSA) is 35.6 Å². The van der Waals surface area contributed by atoms with Gasteiger partial charge in [-0.2, -0.15) is 5.10 Å². The second-order valence-corrected chi connectivity index (χ2v) is 6.73. The van der Waals surface area contributed by atoms with Crippen LogP contribution in [0.15, 0.2) is 0 Å². The summed E-state index contributed by atoms with van der Waals surface area (Å²) in [7, 11) is 1.99. The Morgan fingerprint density at radius 1 is 1.30 bits per heavy atom. The van der Waals surface area contributed by atoms with Crippen LogP contribution in [0.2, 0.25) is 0 Å². The number of alkyl halides is 1. The number of hydrogen-bond donors (Lipinski definition) is 0. The van der Waals surface area contributed by atoms with Gasteiger partial charge in [-0.1, -0.05) is 20.3 Å². The van der Waals surface area contributed by atoms with E-state index in [0.29, 0.717) is 0 Å². The molecule has 0 aliphatic heterocycles. The van der Waals surface area contributed by atoms with Crippen molar-refractivity contribution in [2.45, 2.75) is 64.8 Å². The molecule has 2 heterocycles. The molecular weight excluding hydrogens is 272 g/mol. The van der Waals surface area contributed by atoms with E-state index in [2.05, 4.69) is 37.4 Å². The van der Waals surface area contributed by atoms with Gasteiger partial charge in [0.25, 0.3) is 0 Å². The van der Waals surface area contributed by atoms with Gasteiger partial charge in [0, 0.05) is 12.6 Å². The van der Waals surface area contributed by atoms with Gasteiger partial charge in [0.15, 0.2) is 5.65 Å². The lowest BCUT2D eigenvalue weighted by Gasteiger charge is -2.28. The van der Waals surface area contributed by atoms with Gasteiger partial charge in [-0.05, 0) is 33.6 Å². The fraction of sp³-hybridized carbons (Fsp3) is 0.733. The van der Waals surface area contributed by atoms with Crippen molar-refractivity contribution in [2.75, 3.05) is 0 Å². The Kier molecular flexibility index (Phi) is 4.14. The SMILES string of the molecule is CCCc1nn(C)c2c1nc(C(C)Cl)n2C(C)(C)CC. The van der Waals surface area contributed by atoms with Crippen LogP contribution < -0.4 is 0 Å². The van der Waals surface area contributed by atoms with E-state index in [1.165, 1.54) is 0 Å². The molecule has 20 heavy (non-hydrogen) atoms.